The van der Waals surface area contributed by atoms with Crippen LogP contribution in [0.3, 0.4) is 0 Å². The first-order valence-electron chi connectivity index (χ1n) is 7.41. The van der Waals surface area contributed by atoms with Gasteiger partial charge in [0, 0.05) is 24.2 Å². The molecule has 1 aliphatic heterocycles. The van der Waals surface area contributed by atoms with Crippen molar-refractivity contribution in [3.05, 3.63) is 28.8 Å². The fourth-order valence-electron chi connectivity index (χ4n) is 2.75. The summed E-state index contributed by atoms with van der Waals surface area (Å²) in [6.07, 6.45) is 1.63. The lowest BCUT2D eigenvalue weighted by molar-refractivity contribution is -0.138. The van der Waals surface area contributed by atoms with E-state index in [9.17, 15) is 4.79 Å². The monoisotopic (exact) mass is 346 g/mol. The molecule has 1 amide bonds. The quantitative estimate of drug-likeness (QED) is 0.890. The van der Waals surface area contributed by atoms with Crippen molar-refractivity contribution in [3.8, 4) is 5.75 Å². The van der Waals surface area contributed by atoms with Crippen LogP contribution in [0.25, 0.3) is 0 Å². The number of hydrogen-bond acceptors (Lipinski definition) is 3. The lowest BCUT2D eigenvalue weighted by atomic mass is 10.2. The molecule has 22 heavy (non-hydrogen) atoms. The molecule has 1 heterocycles. The van der Waals surface area contributed by atoms with Crippen molar-refractivity contribution in [1.29, 1.82) is 0 Å². The number of likely N-dealkylation sites (N-methyl/N-ethyl adjacent to an activating group) is 1. The SMILES string of the molecule is CNCC1CCCN1C(=O)C(C)Oc1ccc(Cl)c(C)c1.Cl. The van der Waals surface area contributed by atoms with E-state index in [1.807, 2.05) is 24.9 Å². The van der Waals surface area contributed by atoms with Crippen LogP contribution in [0.5, 0.6) is 5.75 Å². The van der Waals surface area contributed by atoms with Gasteiger partial charge in [-0.15, -0.1) is 12.4 Å². The van der Waals surface area contributed by atoms with Crippen LogP contribution in [0, 0.1) is 6.92 Å². The normalized spacial score (nSPS) is 18.7. The van der Waals surface area contributed by atoms with Gasteiger partial charge in [-0.1, -0.05) is 11.6 Å². The number of nitrogens with zero attached hydrogens (tertiary/aromatic N) is 1. The molecular formula is C16H24Cl2N2O2. The number of likely N-dealkylation sites (tertiary alicyclic amines) is 1. The Morgan fingerprint density at radius 3 is 2.91 bits per heavy atom. The van der Waals surface area contributed by atoms with Crippen LogP contribution in [-0.4, -0.2) is 43.1 Å². The molecule has 0 bridgehead atoms. The molecule has 1 fully saturated rings. The Balaban J connectivity index is 0.00000242. The topological polar surface area (TPSA) is 41.6 Å². The summed E-state index contributed by atoms with van der Waals surface area (Å²) in [6.45, 7) is 5.38. The second-order valence-electron chi connectivity index (χ2n) is 5.56. The molecule has 0 aromatic heterocycles. The number of halogens is 2. The van der Waals surface area contributed by atoms with Crippen LogP contribution in [0.1, 0.15) is 25.3 Å². The van der Waals surface area contributed by atoms with E-state index in [1.165, 1.54) is 0 Å². The average Bonchev–Trinajstić information content (AvgIpc) is 2.90. The summed E-state index contributed by atoms with van der Waals surface area (Å²) >= 11 is 6.00. The molecule has 1 aromatic carbocycles. The minimum Gasteiger partial charge on any atom is -0.481 e. The summed E-state index contributed by atoms with van der Waals surface area (Å²) in [6, 6.07) is 5.74. The Morgan fingerprint density at radius 1 is 1.55 bits per heavy atom. The van der Waals surface area contributed by atoms with E-state index >= 15 is 0 Å². The second-order valence-corrected chi connectivity index (χ2v) is 5.96. The number of hydrogen-bond donors (Lipinski definition) is 1. The van der Waals surface area contributed by atoms with Crippen molar-refractivity contribution in [1.82, 2.24) is 10.2 Å². The number of ether oxygens (including phenoxy) is 1. The maximum Gasteiger partial charge on any atom is 0.263 e. The van der Waals surface area contributed by atoms with Gasteiger partial charge in [-0.05, 0) is 57.5 Å². The predicted octanol–water partition coefficient (Wildman–Crippen LogP) is 3.05. The Kier molecular flexibility index (Phi) is 7.46. The van der Waals surface area contributed by atoms with Gasteiger partial charge in [-0.2, -0.15) is 0 Å². The van der Waals surface area contributed by atoms with E-state index in [2.05, 4.69) is 5.32 Å². The number of benzene rings is 1. The Bertz CT molecular complexity index is 511. The highest BCUT2D eigenvalue weighted by molar-refractivity contribution is 6.31. The van der Waals surface area contributed by atoms with Gasteiger partial charge >= 0.3 is 0 Å². The van der Waals surface area contributed by atoms with Crippen molar-refractivity contribution in [2.75, 3.05) is 20.1 Å². The Morgan fingerprint density at radius 2 is 2.27 bits per heavy atom. The zero-order chi connectivity index (χ0) is 15.4. The van der Waals surface area contributed by atoms with Crippen molar-refractivity contribution in [2.24, 2.45) is 0 Å². The first-order chi connectivity index (χ1) is 10.0. The minimum atomic E-state index is -0.483. The third-order valence-electron chi connectivity index (χ3n) is 3.89. The maximum absolute atomic E-state index is 12.5. The summed E-state index contributed by atoms with van der Waals surface area (Å²) < 4.78 is 5.78. The van der Waals surface area contributed by atoms with Crippen LogP contribution >= 0.6 is 24.0 Å². The Labute approximate surface area is 143 Å². The van der Waals surface area contributed by atoms with E-state index in [0.29, 0.717) is 10.8 Å². The van der Waals surface area contributed by atoms with Crippen molar-refractivity contribution < 1.29 is 9.53 Å². The summed E-state index contributed by atoms with van der Waals surface area (Å²) in [5.41, 5.74) is 0.947. The molecule has 1 saturated heterocycles. The Hall–Kier alpha value is -0.970. The summed E-state index contributed by atoms with van der Waals surface area (Å²) in [5, 5.41) is 3.85. The zero-order valence-corrected chi connectivity index (χ0v) is 14.8. The van der Waals surface area contributed by atoms with Gasteiger partial charge in [-0.3, -0.25) is 4.79 Å². The van der Waals surface area contributed by atoms with E-state index in [1.54, 1.807) is 19.1 Å². The molecule has 4 nitrogen and oxygen atoms in total. The third-order valence-corrected chi connectivity index (χ3v) is 4.31. The lowest BCUT2D eigenvalue weighted by Crippen LogP contribution is -2.46. The first kappa shape index (κ1) is 19.1. The number of nitrogens with one attached hydrogen (secondary N) is 1. The highest BCUT2D eigenvalue weighted by atomic mass is 35.5. The summed E-state index contributed by atoms with van der Waals surface area (Å²) in [5.74, 6) is 0.738. The van der Waals surface area contributed by atoms with Crippen LogP contribution in [0.2, 0.25) is 5.02 Å². The molecule has 2 atom stereocenters. The smallest absolute Gasteiger partial charge is 0.263 e. The average molecular weight is 347 g/mol. The number of rotatable bonds is 5. The van der Waals surface area contributed by atoms with Gasteiger partial charge in [-0.25, -0.2) is 0 Å². The van der Waals surface area contributed by atoms with E-state index < -0.39 is 6.10 Å². The zero-order valence-electron chi connectivity index (χ0n) is 13.3. The highest BCUT2D eigenvalue weighted by Crippen LogP contribution is 2.23. The van der Waals surface area contributed by atoms with Crippen LogP contribution in [0.15, 0.2) is 18.2 Å². The fraction of sp³-hybridized carbons (Fsp3) is 0.562. The molecule has 1 aromatic rings. The molecule has 0 aliphatic carbocycles. The first-order valence-corrected chi connectivity index (χ1v) is 7.78. The van der Waals surface area contributed by atoms with Crippen LogP contribution in [0.4, 0.5) is 0 Å². The number of aryl methyl sites for hydroxylation is 1. The van der Waals surface area contributed by atoms with E-state index in [4.69, 9.17) is 16.3 Å². The summed E-state index contributed by atoms with van der Waals surface area (Å²) in [4.78, 5) is 14.5. The molecule has 0 radical (unpaired) electrons. The molecule has 124 valence electrons. The number of carbonyl (C=O) groups excluding carboxylic acids is 1. The third kappa shape index (κ3) is 4.51. The molecule has 1 aliphatic rings. The molecular weight excluding hydrogens is 323 g/mol. The van der Waals surface area contributed by atoms with Crippen LogP contribution in [-0.2, 0) is 4.79 Å². The predicted molar refractivity (Wildman–Crippen MR) is 92.2 cm³/mol. The molecule has 2 unspecified atom stereocenters. The standard InChI is InChI=1S/C16H23ClN2O2.ClH/c1-11-9-14(6-7-15(11)17)21-12(2)16(20)19-8-4-5-13(19)10-18-3;/h6-7,9,12-13,18H,4-5,8,10H2,1-3H3;1H. The number of amides is 1. The molecule has 0 saturated carbocycles. The summed E-state index contributed by atoms with van der Waals surface area (Å²) in [7, 11) is 1.91. The van der Waals surface area contributed by atoms with Gasteiger partial charge in [0.1, 0.15) is 5.75 Å². The molecule has 2 rings (SSSR count). The second kappa shape index (κ2) is 8.61. The van der Waals surface area contributed by atoms with Gasteiger partial charge in [0.05, 0.1) is 0 Å². The van der Waals surface area contributed by atoms with E-state index in [0.717, 1.165) is 31.5 Å². The lowest BCUT2D eigenvalue weighted by Gasteiger charge is -2.27. The van der Waals surface area contributed by atoms with Crippen molar-refractivity contribution in [3.63, 3.8) is 0 Å². The highest BCUT2D eigenvalue weighted by Gasteiger charge is 2.31. The molecule has 6 heteroatoms. The minimum absolute atomic E-state index is 0. The fourth-order valence-corrected chi connectivity index (χ4v) is 2.87. The largest absolute Gasteiger partial charge is 0.481 e. The van der Waals surface area contributed by atoms with Crippen molar-refractivity contribution in [2.45, 2.75) is 38.8 Å². The number of carbonyl (C=O) groups is 1. The molecule has 1 N–H and O–H groups in total. The van der Waals surface area contributed by atoms with Gasteiger partial charge in [0.15, 0.2) is 6.10 Å². The maximum atomic E-state index is 12.5. The molecule has 0 spiro atoms. The van der Waals surface area contributed by atoms with E-state index in [-0.39, 0.29) is 24.4 Å². The van der Waals surface area contributed by atoms with Crippen LogP contribution < -0.4 is 10.1 Å². The van der Waals surface area contributed by atoms with Gasteiger partial charge in [0.2, 0.25) is 0 Å². The van der Waals surface area contributed by atoms with Gasteiger partial charge < -0.3 is 15.0 Å². The van der Waals surface area contributed by atoms with Gasteiger partial charge in [0.25, 0.3) is 5.91 Å². The van der Waals surface area contributed by atoms with Crippen molar-refractivity contribution >= 4 is 29.9 Å².